The average Bonchev–Trinajstić information content (AvgIpc) is 3.20. The highest BCUT2D eigenvalue weighted by atomic mass is 35.5. The van der Waals surface area contributed by atoms with Crippen LogP contribution in [0.15, 0.2) is 53.4 Å². The number of hydrogen-bond acceptors (Lipinski definition) is 4. The van der Waals surface area contributed by atoms with E-state index < -0.39 is 10.0 Å². The number of benzene rings is 2. The number of ether oxygens (including phenoxy) is 1. The summed E-state index contributed by atoms with van der Waals surface area (Å²) < 4.78 is 33.0. The summed E-state index contributed by atoms with van der Waals surface area (Å²) in [5.74, 6) is -0.389. The molecule has 0 radical (unpaired) electrons. The molecule has 0 aromatic heterocycles. The molecule has 1 heterocycles. The molecule has 1 aliphatic rings. The first-order valence-electron chi connectivity index (χ1n) is 9.23. The standard InChI is InChI=1S/C20H22Cl2N2O4S/c21-16-6-8-19(9-7-16)29(26,27)24(13-15-3-1-4-17(22)11-15)14-20(25)23-12-18-5-2-10-28-18/h1,3-4,6-9,11,18H,2,5,10,12-14H2,(H,23,25)/t18-/m1/s1. The Bertz CT molecular complexity index is 945. The van der Waals surface area contributed by atoms with E-state index in [2.05, 4.69) is 5.32 Å². The Morgan fingerprint density at radius 1 is 1.14 bits per heavy atom. The molecule has 29 heavy (non-hydrogen) atoms. The van der Waals surface area contributed by atoms with E-state index in [-0.39, 0.29) is 30.0 Å². The van der Waals surface area contributed by atoms with E-state index in [1.165, 1.54) is 24.3 Å². The molecular formula is C20H22Cl2N2O4S. The SMILES string of the molecule is O=C(CN(Cc1cccc(Cl)c1)S(=O)(=O)c1ccc(Cl)cc1)NC[C@H]1CCCO1. The van der Waals surface area contributed by atoms with Gasteiger partial charge in [0.1, 0.15) is 0 Å². The minimum absolute atomic E-state index is 0.0128. The normalized spacial score (nSPS) is 16.9. The Morgan fingerprint density at radius 2 is 1.90 bits per heavy atom. The Morgan fingerprint density at radius 3 is 2.55 bits per heavy atom. The Balaban J connectivity index is 1.78. The quantitative estimate of drug-likeness (QED) is 0.659. The number of rotatable bonds is 8. The smallest absolute Gasteiger partial charge is 0.243 e. The second kappa shape index (κ2) is 9.91. The van der Waals surface area contributed by atoms with Crippen molar-refractivity contribution in [1.82, 2.24) is 9.62 Å². The molecule has 156 valence electrons. The van der Waals surface area contributed by atoms with Gasteiger partial charge in [0.2, 0.25) is 15.9 Å². The van der Waals surface area contributed by atoms with Gasteiger partial charge in [0.05, 0.1) is 17.5 Å². The molecule has 1 atom stereocenters. The topological polar surface area (TPSA) is 75.7 Å². The molecule has 1 aliphatic heterocycles. The lowest BCUT2D eigenvalue weighted by Crippen LogP contribution is -2.42. The predicted molar refractivity (Wildman–Crippen MR) is 112 cm³/mol. The molecule has 3 rings (SSSR count). The van der Waals surface area contributed by atoms with Crippen molar-refractivity contribution in [3.05, 3.63) is 64.1 Å². The fraction of sp³-hybridized carbons (Fsp3) is 0.350. The van der Waals surface area contributed by atoms with Crippen molar-refractivity contribution < 1.29 is 17.9 Å². The van der Waals surface area contributed by atoms with Crippen LogP contribution >= 0.6 is 23.2 Å². The van der Waals surface area contributed by atoms with Gasteiger partial charge in [0, 0.05) is 29.7 Å². The van der Waals surface area contributed by atoms with Crippen molar-refractivity contribution in [1.29, 1.82) is 0 Å². The van der Waals surface area contributed by atoms with Gasteiger partial charge in [-0.2, -0.15) is 4.31 Å². The van der Waals surface area contributed by atoms with E-state index in [0.29, 0.717) is 28.8 Å². The zero-order valence-corrected chi connectivity index (χ0v) is 18.0. The van der Waals surface area contributed by atoms with Crippen molar-refractivity contribution in [2.24, 2.45) is 0 Å². The Kier molecular flexibility index (Phi) is 7.54. The average molecular weight is 457 g/mol. The zero-order valence-electron chi connectivity index (χ0n) is 15.7. The largest absolute Gasteiger partial charge is 0.376 e. The van der Waals surface area contributed by atoms with E-state index in [0.717, 1.165) is 17.1 Å². The molecule has 1 amide bonds. The Hall–Kier alpha value is -1.64. The van der Waals surface area contributed by atoms with Crippen LogP contribution in [-0.4, -0.2) is 44.4 Å². The first kappa shape index (κ1) is 22.1. The summed E-state index contributed by atoms with van der Waals surface area (Å²) in [6.07, 6.45) is 1.83. The van der Waals surface area contributed by atoms with Crippen molar-refractivity contribution in [2.75, 3.05) is 19.7 Å². The molecule has 0 saturated carbocycles. The van der Waals surface area contributed by atoms with Crippen LogP contribution in [0.1, 0.15) is 18.4 Å². The number of carbonyl (C=O) groups excluding carboxylic acids is 1. The molecule has 2 aromatic carbocycles. The molecule has 1 saturated heterocycles. The highest BCUT2D eigenvalue weighted by Crippen LogP contribution is 2.21. The van der Waals surface area contributed by atoms with Gasteiger partial charge < -0.3 is 10.1 Å². The van der Waals surface area contributed by atoms with Gasteiger partial charge in [-0.05, 0) is 54.8 Å². The monoisotopic (exact) mass is 456 g/mol. The van der Waals surface area contributed by atoms with E-state index in [1.807, 2.05) is 0 Å². The number of halogens is 2. The molecular weight excluding hydrogens is 435 g/mol. The van der Waals surface area contributed by atoms with Crippen LogP contribution in [0.5, 0.6) is 0 Å². The molecule has 1 N–H and O–H groups in total. The van der Waals surface area contributed by atoms with Gasteiger partial charge in [-0.3, -0.25) is 4.79 Å². The fourth-order valence-electron chi connectivity index (χ4n) is 3.07. The summed E-state index contributed by atoms with van der Waals surface area (Å²) in [5.41, 5.74) is 0.682. The van der Waals surface area contributed by atoms with Crippen LogP contribution < -0.4 is 5.32 Å². The molecule has 6 nitrogen and oxygen atoms in total. The summed E-state index contributed by atoms with van der Waals surface area (Å²) in [4.78, 5) is 12.5. The maximum absolute atomic E-state index is 13.2. The van der Waals surface area contributed by atoms with Gasteiger partial charge in [-0.25, -0.2) is 8.42 Å². The second-order valence-corrected chi connectivity index (χ2v) is 9.61. The molecule has 9 heteroatoms. The zero-order chi connectivity index (χ0) is 20.9. The van der Waals surface area contributed by atoms with Crippen LogP contribution in [0.2, 0.25) is 10.0 Å². The lowest BCUT2D eigenvalue weighted by molar-refractivity contribution is -0.121. The summed E-state index contributed by atoms with van der Waals surface area (Å²) in [6.45, 7) is 0.750. The summed E-state index contributed by atoms with van der Waals surface area (Å²) in [5, 5.41) is 3.69. The van der Waals surface area contributed by atoms with Gasteiger partial charge in [0.25, 0.3) is 0 Å². The third-order valence-electron chi connectivity index (χ3n) is 4.57. The van der Waals surface area contributed by atoms with Crippen molar-refractivity contribution in [2.45, 2.75) is 30.4 Å². The van der Waals surface area contributed by atoms with Gasteiger partial charge in [-0.1, -0.05) is 35.3 Å². The molecule has 1 fully saturated rings. The molecule has 0 unspecified atom stereocenters. The van der Waals surface area contributed by atoms with Crippen molar-refractivity contribution in [3.63, 3.8) is 0 Å². The van der Waals surface area contributed by atoms with Crippen LogP contribution in [0.25, 0.3) is 0 Å². The lowest BCUT2D eigenvalue weighted by atomic mass is 10.2. The van der Waals surface area contributed by atoms with E-state index >= 15 is 0 Å². The number of sulfonamides is 1. The van der Waals surface area contributed by atoms with Crippen LogP contribution in [0.4, 0.5) is 0 Å². The van der Waals surface area contributed by atoms with Crippen molar-refractivity contribution in [3.8, 4) is 0 Å². The highest BCUT2D eigenvalue weighted by Gasteiger charge is 2.27. The van der Waals surface area contributed by atoms with Crippen molar-refractivity contribution >= 4 is 39.1 Å². The maximum atomic E-state index is 13.2. The second-order valence-electron chi connectivity index (χ2n) is 6.80. The third kappa shape index (κ3) is 6.17. The van der Waals surface area contributed by atoms with E-state index in [9.17, 15) is 13.2 Å². The number of nitrogens with one attached hydrogen (secondary N) is 1. The number of amides is 1. The first-order valence-corrected chi connectivity index (χ1v) is 11.4. The fourth-order valence-corrected chi connectivity index (χ4v) is 4.79. The third-order valence-corrected chi connectivity index (χ3v) is 6.86. The van der Waals surface area contributed by atoms with Crippen LogP contribution in [0.3, 0.4) is 0 Å². The van der Waals surface area contributed by atoms with Gasteiger partial charge in [0.15, 0.2) is 0 Å². The predicted octanol–water partition coefficient (Wildman–Crippen LogP) is 3.48. The molecule has 2 aromatic rings. The van der Waals surface area contributed by atoms with Gasteiger partial charge in [-0.15, -0.1) is 0 Å². The summed E-state index contributed by atoms with van der Waals surface area (Å²) >= 11 is 11.9. The minimum atomic E-state index is -3.92. The maximum Gasteiger partial charge on any atom is 0.243 e. The lowest BCUT2D eigenvalue weighted by Gasteiger charge is -2.22. The molecule has 0 spiro atoms. The molecule has 0 aliphatic carbocycles. The van der Waals surface area contributed by atoms with Crippen LogP contribution in [-0.2, 0) is 26.1 Å². The number of nitrogens with zero attached hydrogens (tertiary/aromatic N) is 1. The summed E-state index contributed by atoms with van der Waals surface area (Å²) in [7, 11) is -3.92. The number of carbonyl (C=O) groups is 1. The minimum Gasteiger partial charge on any atom is -0.376 e. The number of hydrogen-bond donors (Lipinski definition) is 1. The van der Waals surface area contributed by atoms with Gasteiger partial charge >= 0.3 is 0 Å². The van der Waals surface area contributed by atoms with E-state index in [1.54, 1.807) is 24.3 Å². The first-order chi connectivity index (χ1) is 13.8. The molecule has 0 bridgehead atoms. The van der Waals surface area contributed by atoms with E-state index in [4.69, 9.17) is 27.9 Å². The van der Waals surface area contributed by atoms with Crippen LogP contribution in [0, 0.1) is 0 Å². The summed E-state index contributed by atoms with van der Waals surface area (Å²) in [6, 6.07) is 12.7. The Labute approximate surface area is 180 Å². The highest BCUT2D eigenvalue weighted by molar-refractivity contribution is 7.89.